The lowest BCUT2D eigenvalue weighted by molar-refractivity contribution is -0.137. The third-order valence-corrected chi connectivity index (χ3v) is 5.05. The molecule has 1 N–H and O–H groups in total. The van der Waals surface area contributed by atoms with Crippen molar-refractivity contribution < 1.29 is 22.8 Å². The number of carbonyl (C=O) groups is 1. The van der Waals surface area contributed by atoms with Gasteiger partial charge in [-0.15, -0.1) is 22.7 Å². The number of alkyl halides is 3. The van der Waals surface area contributed by atoms with Crippen molar-refractivity contribution in [3.8, 4) is 9.88 Å². The summed E-state index contributed by atoms with van der Waals surface area (Å²) in [5.41, 5.74) is 1.73. The lowest BCUT2D eigenvalue weighted by Crippen LogP contribution is -2.24. The average Bonchev–Trinajstić information content (AvgIpc) is 3.25. The van der Waals surface area contributed by atoms with Crippen molar-refractivity contribution in [3.63, 3.8) is 0 Å². The molecule has 3 rings (SSSR count). The molecule has 0 aliphatic heterocycles. The minimum absolute atomic E-state index is 0.0204. The fraction of sp³-hybridized carbons (Fsp3) is 0.125. The number of nitrogens with one attached hydrogen (secondary N) is 1. The van der Waals surface area contributed by atoms with Crippen LogP contribution in [0.15, 0.2) is 47.2 Å². The molecule has 1 aromatic carbocycles. The van der Waals surface area contributed by atoms with E-state index in [4.69, 9.17) is 4.84 Å². The molecule has 2 aromatic heterocycles. The first-order valence-electron chi connectivity index (χ1n) is 7.01. The number of amides is 1. The largest absolute Gasteiger partial charge is 0.416 e. The van der Waals surface area contributed by atoms with Gasteiger partial charge in [0.1, 0.15) is 11.6 Å². The number of carbonyl (C=O) groups excluding carboxylic acids is 1. The first-order valence-corrected chi connectivity index (χ1v) is 8.77. The Kier molecular flexibility index (Phi) is 5.16. The van der Waals surface area contributed by atoms with Crippen LogP contribution in [0, 0.1) is 0 Å². The van der Waals surface area contributed by atoms with Gasteiger partial charge < -0.3 is 0 Å². The zero-order valence-corrected chi connectivity index (χ0v) is 14.2. The number of hydrogen-bond acceptors (Lipinski definition) is 5. The van der Waals surface area contributed by atoms with E-state index in [1.807, 2.05) is 17.5 Å². The Morgan fingerprint density at radius 1 is 1.20 bits per heavy atom. The quantitative estimate of drug-likeness (QED) is 0.646. The highest BCUT2D eigenvalue weighted by molar-refractivity contribution is 7.20. The molecule has 0 unspecified atom stereocenters. The van der Waals surface area contributed by atoms with Gasteiger partial charge in [-0.05, 0) is 29.6 Å². The molecule has 130 valence electrons. The molecule has 1 amide bonds. The number of halogens is 3. The smallest absolute Gasteiger partial charge is 0.267 e. The monoisotopic (exact) mass is 384 g/mol. The highest BCUT2D eigenvalue weighted by Gasteiger charge is 2.30. The van der Waals surface area contributed by atoms with Crippen LogP contribution in [0.1, 0.15) is 21.6 Å². The Hall–Kier alpha value is -2.23. The standard InChI is InChI=1S/C16H11F3N2O2S2/c17-16(18,19)11-4-1-3-10(7-11)14(22)21-23-8-12-9-25-15(20-12)13-5-2-6-24-13/h1-7,9H,8H2,(H,21,22). The number of hydroxylamine groups is 1. The van der Waals surface area contributed by atoms with Crippen LogP contribution >= 0.6 is 22.7 Å². The first-order chi connectivity index (χ1) is 11.9. The number of benzene rings is 1. The maximum absolute atomic E-state index is 12.7. The molecule has 3 aromatic rings. The highest BCUT2D eigenvalue weighted by Crippen LogP contribution is 2.30. The van der Waals surface area contributed by atoms with Gasteiger partial charge >= 0.3 is 6.18 Å². The van der Waals surface area contributed by atoms with E-state index in [0.29, 0.717) is 5.69 Å². The van der Waals surface area contributed by atoms with Gasteiger partial charge in [0.25, 0.3) is 5.91 Å². The van der Waals surface area contributed by atoms with E-state index in [1.54, 1.807) is 16.7 Å². The Morgan fingerprint density at radius 3 is 2.76 bits per heavy atom. The van der Waals surface area contributed by atoms with E-state index in [9.17, 15) is 18.0 Å². The van der Waals surface area contributed by atoms with Crippen molar-refractivity contribution in [2.75, 3.05) is 0 Å². The summed E-state index contributed by atoms with van der Waals surface area (Å²) in [7, 11) is 0. The van der Waals surface area contributed by atoms with E-state index < -0.39 is 17.6 Å². The summed E-state index contributed by atoms with van der Waals surface area (Å²) >= 11 is 3.01. The molecule has 2 heterocycles. The number of thiazole rings is 1. The van der Waals surface area contributed by atoms with Gasteiger partial charge in [-0.2, -0.15) is 13.2 Å². The van der Waals surface area contributed by atoms with Crippen LogP contribution in [-0.2, 0) is 17.6 Å². The number of thiophene rings is 1. The third-order valence-electron chi connectivity index (χ3n) is 3.12. The van der Waals surface area contributed by atoms with Gasteiger partial charge in [0.15, 0.2) is 0 Å². The molecular weight excluding hydrogens is 373 g/mol. The van der Waals surface area contributed by atoms with Gasteiger partial charge in [-0.25, -0.2) is 10.5 Å². The Balaban J connectivity index is 1.56. The second-order valence-electron chi connectivity index (χ2n) is 4.92. The summed E-state index contributed by atoms with van der Waals surface area (Å²) in [5, 5.41) is 4.59. The molecule has 25 heavy (non-hydrogen) atoms. The molecule has 0 atom stereocenters. The van der Waals surface area contributed by atoms with Crippen LogP contribution in [0.3, 0.4) is 0 Å². The van der Waals surface area contributed by atoms with Crippen molar-refractivity contribution >= 4 is 28.6 Å². The maximum atomic E-state index is 12.7. The van der Waals surface area contributed by atoms with Crippen molar-refractivity contribution in [2.24, 2.45) is 0 Å². The van der Waals surface area contributed by atoms with E-state index in [0.717, 1.165) is 22.0 Å². The van der Waals surface area contributed by atoms with Crippen LogP contribution in [0.25, 0.3) is 9.88 Å². The summed E-state index contributed by atoms with van der Waals surface area (Å²) in [4.78, 5) is 22.3. The molecule has 4 nitrogen and oxygen atoms in total. The van der Waals surface area contributed by atoms with Gasteiger partial charge in [-0.3, -0.25) is 9.63 Å². The lowest BCUT2D eigenvalue weighted by Gasteiger charge is -2.09. The van der Waals surface area contributed by atoms with E-state index >= 15 is 0 Å². The van der Waals surface area contributed by atoms with Gasteiger partial charge in [-0.1, -0.05) is 12.1 Å². The van der Waals surface area contributed by atoms with Crippen molar-refractivity contribution in [1.29, 1.82) is 0 Å². The minimum atomic E-state index is -4.50. The normalized spacial score (nSPS) is 11.5. The number of aromatic nitrogens is 1. The van der Waals surface area contributed by atoms with Gasteiger partial charge in [0.05, 0.1) is 16.1 Å². The molecule has 0 saturated heterocycles. The van der Waals surface area contributed by atoms with Crippen molar-refractivity contribution in [2.45, 2.75) is 12.8 Å². The SMILES string of the molecule is O=C(NOCc1csc(-c2cccs2)n1)c1cccc(C(F)(F)F)c1. The molecule has 9 heteroatoms. The van der Waals surface area contributed by atoms with Gasteiger partial charge in [0.2, 0.25) is 0 Å². The average molecular weight is 384 g/mol. The molecular formula is C16H11F3N2O2S2. The Bertz CT molecular complexity index is 860. The van der Waals surface area contributed by atoms with Crippen LogP contribution in [0.2, 0.25) is 0 Å². The molecule has 0 bridgehead atoms. The first kappa shape index (κ1) is 17.6. The van der Waals surface area contributed by atoms with Crippen LogP contribution in [0.4, 0.5) is 13.2 Å². The molecule has 0 radical (unpaired) electrons. The second kappa shape index (κ2) is 7.34. The maximum Gasteiger partial charge on any atom is 0.416 e. The third kappa shape index (κ3) is 4.44. The number of hydrogen-bond donors (Lipinski definition) is 1. The van der Waals surface area contributed by atoms with Crippen LogP contribution in [-0.4, -0.2) is 10.9 Å². The van der Waals surface area contributed by atoms with Crippen LogP contribution < -0.4 is 5.48 Å². The van der Waals surface area contributed by atoms with E-state index in [-0.39, 0.29) is 12.2 Å². The summed E-state index contributed by atoms with van der Waals surface area (Å²) in [6, 6.07) is 8.00. The van der Waals surface area contributed by atoms with Crippen LogP contribution in [0.5, 0.6) is 0 Å². The lowest BCUT2D eigenvalue weighted by atomic mass is 10.1. The number of nitrogens with zero attached hydrogens (tertiary/aromatic N) is 1. The van der Waals surface area contributed by atoms with Crippen molar-refractivity contribution in [3.05, 3.63) is 64.0 Å². The fourth-order valence-corrected chi connectivity index (χ4v) is 3.58. The zero-order valence-electron chi connectivity index (χ0n) is 12.5. The molecule has 0 fully saturated rings. The summed E-state index contributed by atoms with van der Waals surface area (Å²) in [6.07, 6.45) is -4.50. The summed E-state index contributed by atoms with van der Waals surface area (Å²) in [5.74, 6) is -0.750. The summed E-state index contributed by atoms with van der Waals surface area (Å²) < 4.78 is 38.0. The predicted molar refractivity (Wildman–Crippen MR) is 89.1 cm³/mol. The van der Waals surface area contributed by atoms with Gasteiger partial charge in [0, 0.05) is 10.9 Å². The Labute approximate surface area is 148 Å². The molecule has 0 aliphatic rings. The van der Waals surface area contributed by atoms with E-state index in [2.05, 4.69) is 10.5 Å². The summed E-state index contributed by atoms with van der Waals surface area (Å²) in [6.45, 7) is 0.0204. The highest BCUT2D eigenvalue weighted by atomic mass is 32.1. The molecule has 0 spiro atoms. The minimum Gasteiger partial charge on any atom is -0.267 e. The van der Waals surface area contributed by atoms with Crippen molar-refractivity contribution in [1.82, 2.24) is 10.5 Å². The second-order valence-corrected chi connectivity index (χ2v) is 6.73. The molecule has 0 aliphatic carbocycles. The fourth-order valence-electron chi connectivity index (χ4n) is 1.96. The Morgan fingerprint density at radius 2 is 2.04 bits per heavy atom. The zero-order chi connectivity index (χ0) is 17.9. The number of rotatable bonds is 5. The predicted octanol–water partition coefficient (Wildman–Crippen LogP) is 4.75. The van der Waals surface area contributed by atoms with E-state index in [1.165, 1.54) is 23.5 Å². The topological polar surface area (TPSA) is 51.2 Å². The molecule has 0 saturated carbocycles.